The minimum atomic E-state index is -0.895. The average molecular weight is 498 g/mol. The average Bonchev–Trinajstić information content (AvgIpc) is 2.80. The Morgan fingerprint density at radius 1 is 1.06 bits per heavy atom. The Morgan fingerprint density at radius 3 is 2.28 bits per heavy atom. The Balaban J connectivity index is 2.39. The van der Waals surface area contributed by atoms with Crippen LogP contribution in [0.4, 0.5) is 10.5 Å². The van der Waals surface area contributed by atoms with Gasteiger partial charge >= 0.3 is 6.09 Å². The number of rotatable bonds is 10. The Morgan fingerprint density at radius 2 is 1.72 bits per heavy atom. The molecule has 0 aliphatic heterocycles. The van der Waals surface area contributed by atoms with Gasteiger partial charge in [0.15, 0.2) is 0 Å². The van der Waals surface area contributed by atoms with E-state index in [1.807, 2.05) is 38.1 Å². The standard InChI is InChI=1S/C28H39N3O5/c1-8-9-17-31(26(33)20(3)29-27(34)36-28(4,5)6)24(21-12-10-11-19(2)18-21)25(32)30-22-13-15-23(35-7)16-14-22/h10-16,18,20,24H,8-9,17H2,1-7H3,(H,29,34)(H,30,32). The van der Waals surface area contributed by atoms with Gasteiger partial charge in [-0.15, -0.1) is 0 Å². The second-order valence-electron chi connectivity index (χ2n) is 9.79. The first-order valence-electron chi connectivity index (χ1n) is 12.3. The Hall–Kier alpha value is -3.55. The summed E-state index contributed by atoms with van der Waals surface area (Å²) >= 11 is 0. The maximum Gasteiger partial charge on any atom is 0.408 e. The van der Waals surface area contributed by atoms with Crippen LogP contribution in [0, 0.1) is 6.92 Å². The first kappa shape index (κ1) is 28.7. The number of benzene rings is 2. The van der Waals surface area contributed by atoms with Crippen molar-refractivity contribution in [1.82, 2.24) is 10.2 Å². The van der Waals surface area contributed by atoms with Gasteiger partial charge in [0.2, 0.25) is 5.91 Å². The number of carbonyl (C=O) groups is 3. The van der Waals surface area contributed by atoms with Crippen LogP contribution in [0.25, 0.3) is 0 Å². The number of hydrogen-bond donors (Lipinski definition) is 2. The molecule has 2 aromatic carbocycles. The summed E-state index contributed by atoms with van der Waals surface area (Å²) in [5, 5.41) is 5.55. The Kier molecular flexibility index (Phi) is 10.3. The zero-order valence-electron chi connectivity index (χ0n) is 22.4. The predicted octanol–water partition coefficient (Wildman–Crippen LogP) is 5.23. The normalized spacial score (nSPS) is 12.8. The number of methoxy groups -OCH3 is 1. The number of alkyl carbamates (subject to hydrolysis) is 1. The fourth-order valence-electron chi connectivity index (χ4n) is 3.69. The van der Waals surface area contributed by atoms with E-state index in [-0.39, 0.29) is 11.8 Å². The lowest BCUT2D eigenvalue weighted by molar-refractivity contribution is -0.140. The van der Waals surface area contributed by atoms with E-state index in [1.54, 1.807) is 64.0 Å². The molecule has 3 amide bonds. The number of aryl methyl sites for hydroxylation is 1. The first-order chi connectivity index (χ1) is 16.9. The second kappa shape index (κ2) is 13.0. The summed E-state index contributed by atoms with van der Waals surface area (Å²) in [6.07, 6.45) is 0.843. The quantitative estimate of drug-likeness (QED) is 0.469. The smallest absolute Gasteiger partial charge is 0.408 e. The summed E-state index contributed by atoms with van der Waals surface area (Å²) in [4.78, 5) is 41.2. The van der Waals surface area contributed by atoms with Crippen LogP contribution in [-0.4, -0.2) is 48.1 Å². The zero-order valence-corrected chi connectivity index (χ0v) is 22.4. The third-order valence-corrected chi connectivity index (χ3v) is 5.41. The van der Waals surface area contributed by atoms with Crippen LogP contribution in [0.3, 0.4) is 0 Å². The van der Waals surface area contributed by atoms with Gasteiger partial charge in [0.05, 0.1) is 7.11 Å². The summed E-state index contributed by atoms with van der Waals surface area (Å²) in [5.41, 5.74) is 1.55. The van der Waals surface area contributed by atoms with Gasteiger partial charge in [0, 0.05) is 12.2 Å². The van der Waals surface area contributed by atoms with Crippen LogP contribution in [-0.2, 0) is 14.3 Å². The van der Waals surface area contributed by atoms with E-state index in [0.717, 1.165) is 12.0 Å². The molecular formula is C28H39N3O5. The van der Waals surface area contributed by atoms with Crippen LogP contribution in [0.1, 0.15) is 64.6 Å². The molecule has 0 spiro atoms. The number of anilines is 1. The molecule has 0 saturated carbocycles. The maximum absolute atomic E-state index is 13.7. The molecule has 196 valence electrons. The Bertz CT molecular complexity index is 1030. The number of carbonyl (C=O) groups excluding carboxylic acids is 3. The molecule has 0 aliphatic rings. The summed E-state index contributed by atoms with van der Waals surface area (Å²) in [6, 6.07) is 12.8. The van der Waals surface area contributed by atoms with E-state index in [9.17, 15) is 14.4 Å². The number of unbranched alkanes of at least 4 members (excludes halogenated alkanes) is 1. The van der Waals surface area contributed by atoms with Crippen molar-refractivity contribution in [3.8, 4) is 5.75 Å². The lowest BCUT2D eigenvalue weighted by atomic mass is 10.0. The highest BCUT2D eigenvalue weighted by Gasteiger charge is 2.34. The van der Waals surface area contributed by atoms with E-state index in [1.165, 1.54) is 0 Å². The van der Waals surface area contributed by atoms with Gasteiger partial charge < -0.3 is 25.0 Å². The van der Waals surface area contributed by atoms with Crippen molar-refractivity contribution in [2.24, 2.45) is 0 Å². The molecule has 0 heterocycles. The van der Waals surface area contributed by atoms with E-state index < -0.39 is 23.8 Å². The molecule has 2 aromatic rings. The molecule has 0 fully saturated rings. The number of nitrogens with one attached hydrogen (secondary N) is 2. The topological polar surface area (TPSA) is 97.0 Å². The molecular weight excluding hydrogens is 458 g/mol. The summed E-state index contributed by atoms with van der Waals surface area (Å²) in [7, 11) is 1.57. The number of hydrogen-bond acceptors (Lipinski definition) is 5. The van der Waals surface area contributed by atoms with Gasteiger partial charge in [0.25, 0.3) is 5.91 Å². The minimum Gasteiger partial charge on any atom is -0.497 e. The monoisotopic (exact) mass is 497 g/mol. The lowest BCUT2D eigenvalue weighted by Gasteiger charge is -2.33. The van der Waals surface area contributed by atoms with E-state index in [4.69, 9.17) is 9.47 Å². The molecule has 2 atom stereocenters. The van der Waals surface area contributed by atoms with Crippen LogP contribution >= 0.6 is 0 Å². The third kappa shape index (κ3) is 8.59. The van der Waals surface area contributed by atoms with Gasteiger partial charge in [-0.3, -0.25) is 9.59 Å². The van der Waals surface area contributed by atoms with E-state index in [2.05, 4.69) is 10.6 Å². The Labute approximate surface area is 214 Å². The van der Waals surface area contributed by atoms with Crippen molar-refractivity contribution >= 4 is 23.6 Å². The van der Waals surface area contributed by atoms with Gasteiger partial charge in [-0.25, -0.2) is 4.79 Å². The highest BCUT2D eigenvalue weighted by atomic mass is 16.6. The summed E-state index contributed by atoms with van der Waals surface area (Å²) < 4.78 is 10.5. The molecule has 0 bridgehead atoms. The van der Waals surface area contributed by atoms with E-state index in [0.29, 0.717) is 30.0 Å². The predicted molar refractivity (Wildman–Crippen MR) is 141 cm³/mol. The molecule has 2 unspecified atom stereocenters. The van der Waals surface area contributed by atoms with Gasteiger partial charge in [0.1, 0.15) is 23.4 Å². The highest BCUT2D eigenvalue weighted by Crippen LogP contribution is 2.26. The fourth-order valence-corrected chi connectivity index (χ4v) is 3.69. The van der Waals surface area contributed by atoms with Crippen LogP contribution < -0.4 is 15.4 Å². The summed E-state index contributed by atoms with van der Waals surface area (Å²) in [5.74, 6) is -0.0459. The van der Waals surface area contributed by atoms with Crippen LogP contribution in [0.15, 0.2) is 48.5 Å². The van der Waals surface area contributed by atoms with Crippen LogP contribution in [0.5, 0.6) is 5.75 Å². The molecule has 8 heteroatoms. The molecule has 36 heavy (non-hydrogen) atoms. The largest absolute Gasteiger partial charge is 0.497 e. The van der Waals surface area contributed by atoms with Crippen molar-refractivity contribution < 1.29 is 23.9 Å². The van der Waals surface area contributed by atoms with Crippen LogP contribution in [0.2, 0.25) is 0 Å². The van der Waals surface area contributed by atoms with Crippen molar-refractivity contribution in [3.63, 3.8) is 0 Å². The van der Waals surface area contributed by atoms with Crippen molar-refractivity contribution in [2.75, 3.05) is 19.0 Å². The first-order valence-corrected chi connectivity index (χ1v) is 12.3. The number of amides is 3. The number of nitrogens with zero attached hydrogens (tertiary/aromatic N) is 1. The van der Waals surface area contributed by atoms with Gasteiger partial charge in [-0.2, -0.15) is 0 Å². The van der Waals surface area contributed by atoms with E-state index >= 15 is 0 Å². The molecule has 0 saturated heterocycles. The SMILES string of the molecule is CCCCN(C(=O)C(C)NC(=O)OC(C)(C)C)C(C(=O)Nc1ccc(OC)cc1)c1cccc(C)c1. The summed E-state index contributed by atoms with van der Waals surface area (Å²) in [6.45, 7) is 11.2. The second-order valence-corrected chi connectivity index (χ2v) is 9.79. The molecule has 0 aromatic heterocycles. The van der Waals surface area contributed by atoms with Gasteiger partial charge in [-0.1, -0.05) is 43.2 Å². The molecule has 8 nitrogen and oxygen atoms in total. The lowest BCUT2D eigenvalue weighted by Crippen LogP contribution is -2.51. The zero-order chi connectivity index (χ0) is 26.9. The molecule has 0 radical (unpaired) electrons. The maximum atomic E-state index is 13.7. The van der Waals surface area contributed by atoms with Crippen molar-refractivity contribution in [2.45, 2.75) is 72.1 Å². The fraction of sp³-hybridized carbons (Fsp3) is 0.464. The highest BCUT2D eigenvalue weighted by molar-refractivity contribution is 5.99. The molecule has 2 N–H and O–H groups in total. The van der Waals surface area contributed by atoms with Crippen molar-refractivity contribution in [1.29, 1.82) is 0 Å². The number of ether oxygens (including phenoxy) is 2. The molecule has 2 rings (SSSR count). The molecule has 0 aliphatic carbocycles. The third-order valence-electron chi connectivity index (χ3n) is 5.41. The van der Waals surface area contributed by atoms with Gasteiger partial charge in [-0.05, 0) is 70.9 Å². The minimum absolute atomic E-state index is 0.348. The van der Waals surface area contributed by atoms with Crippen molar-refractivity contribution in [3.05, 3.63) is 59.7 Å².